The van der Waals surface area contributed by atoms with Crippen LogP contribution in [0.2, 0.25) is 0 Å². The van der Waals surface area contributed by atoms with Crippen LogP contribution in [0, 0.1) is 5.92 Å². The zero-order chi connectivity index (χ0) is 14.5. The zero-order valence-electron chi connectivity index (χ0n) is 10.9. The minimum Gasteiger partial charge on any atom is -0.405 e. The fourth-order valence-electron chi connectivity index (χ4n) is 1.46. The lowest BCUT2D eigenvalue weighted by Crippen LogP contribution is -2.30. The van der Waals surface area contributed by atoms with Crippen molar-refractivity contribution in [3.05, 3.63) is 29.8 Å². The molecular weight excluding hydrogens is 259 g/mol. The zero-order valence-corrected chi connectivity index (χ0v) is 10.9. The van der Waals surface area contributed by atoms with Gasteiger partial charge in [-0.15, -0.1) is 13.2 Å². The van der Waals surface area contributed by atoms with E-state index in [2.05, 4.69) is 10.1 Å². The maximum absolute atomic E-state index is 12.2. The molecule has 0 amide bonds. The fourth-order valence-corrected chi connectivity index (χ4v) is 1.46. The van der Waals surface area contributed by atoms with Gasteiger partial charge in [0.15, 0.2) is 0 Å². The van der Waals surface area contributed by atoms with Crippen LogP contribution in [-0.2, 0) is 6.54 Å². The molecule has 108 valence electrons. The first-order valence-electron chi connectivity index (χ1n) is 6.02. The van der Waals surface area contributed by atoms with Crippen molar-refractivity contribution >= 4 is 0 Å². The van der Waals surface area contributed by atoms with Crippen molar-refractivity contribution in [3.8, 4) is 5.75 Å². The number of aliphatic hydroxyl groups is 1. The summed E-state index contributed by atoms with van der Waals surface area (Å²) in [4.78, 5) is 0. The number of para-hydroxylation sites is 1. The summed E-state index contributed by atoms with van der Waals surface area (Å²) in [5.74, 6) is -0.129. The molecule has 0 aliphatic carbocycles. The molecule has 1 unspecified atom stereocenters. The number of nitrogens with one attached hydrogen (secondary N) is 1. The summed E-state index contributed by atoms with van der Waals surface area (Å²) in [7, 11) is 0. The van der Waals surface area contributed by atoms with E-state index in [1.165, 1.54) is 12.1 Å². The molecule has 0 bridgehead atoms. The summed E-state index contributed by atoms with van der Waals surface area (Å²) >= 11 is 0. The Morgan fingerprint density at radius 2 is 1.89 bits per heavy atom. The third kappa shape index (κ3) is 5.94. The van der Waals surface area contributed by atoms with Crippen LogP contribution in [0.1, 0.15) is 19.4 Å². The molecule has 0 radical (unpaired) electrons. The van der Waals surface area contributed by atoms with Gasteiger partial charge in [0.25, 0.3) is 0 Å². The average Bonchev–Trinajstić information content (AvgIpc) is 2.29. The van der Waals surface area contributed by atoms with Crippen molar-refractivity contribution in [2.24, 2.45) is 5.92 Å². The van der Waals surface area contributed by atoms with Crippen molar-refractivity contribution in [2.75, 3.05) is 6.54 Å². The topological polar surface area (TPSA) is 41.5 Å². The number of rotatable bonds is 6. The van der Waals surface area contributed by atoms with Gasteiger partial charge in [-0.25, -0.2) is 0 Å². The lowest BCUT2D eigenvalue weighted by Gasteiger charge is -2.17. The fraction of sp³-hybridized carbons (Fsp3) is 0.538. The normalized spacial score (nSPS) is 13.6. The predicted octanol–water partition coefficient (Wildman–Crippen LogP) is 2.69. The van der Waals surface area contributed by atoms with E-state index >= 15 is 0 Å². The van der Waals surface area contributed by atoms with E-state index in [1.807, 2.05) is 13.8 Å². The number of ether oxygens (including phenoxy) is 1. The van der Waals surface area contributed by atoms with Gasteiger partial charge in [-0.1, -0.05) is 32.0 Å². The Labute approximate surface area is 110 Å². The number of halogens is 3. The highest BCUT2D eigenvalue weighted by atomic mass is 19.4. The van der Waals surface area contributed by atoms with E-state index in [1.54, 1.807) is 12.1 Å². The van der Waals surface area contributed by atoms with Crippen molar-refractivity contribution in [1.29, 1.82) is 0 Å². The largest absolute Gasteiger partial charge is 0.573 e. The second-order valence-electron chi connectivity index (χ2n) is 4.60. The highest BCUT2D eigenvalue weighted by molar-refractivity contribution is 5.33. The van der Waals surface area contributed by atoms with Gasteiger partial charge in [-0.3, -0.25) is 0 Å². The molecule has 0 saturated carbocycles. The SMILES string of the molecule is CC(C)C(O)CNCc1ccccc1OC(F)(F)F. The molecule has 1 aromatic rings. The second kappa shape index (κ2) is 6.77. The van der Waals surface area contributed by atoms with Crippen molar-refractivity contribution in [3.63, 3.8) is 0 Å². The van der Waals surface area contributed by atoms with E-state index in [9.17, 15) is 18.3 Å². The van der Waals surface area contributed by atoms with Crippen LogP contribution in [0.3, 0.4) is 0 Å². The minimum atomic E-state index is -4.70. The van der Waals surface area contributed by atoms with Gasteiger partial charge >= 0.3 is 6.36 Å². The van der Waals surface area contributed by atoms with Crippen LogP contribution in [0.5, 0.6) is 5.75 Å². The number of alkyl halides is 3. The summed E-state index contributed by atoms with van der Waals surface area (Å²) in [6, 6.07) is 5.94. The number of hydrogen-bond donors (Lipinski definition) is 2. The third-order valence-corrected chi connectivity index (χ3v) is 2.64. The van der Waals surface area contributed by atoms with Crippen LogP contribution in [-0.4, -0.2) is 24.1 Å². The van der Waals surface area contributed by atoms with Crippen molar-refractivity contribution in [2.45, 2.75) is 32.9 Å². The number of hydrogen-bond acceptors (Lipinski definition) is 3. The molecular formula is C13H18F3NO2. The Morgan fingerprint density at radius 1 is 1.26 bits per heavy atom. The van der Waals surface area contributed by atoms with E-state index in [-0.39, 0.29) is 18.2 Å². The molecule has 0 aromatic heterocycles. The molecule has 1 atom stereocenters. The smallest absolute Gasteiger partial charge is 0.405 e. The van der Waals surface area contributed by atoms with E-state index in [0.717, 1.165) is 0 Å². The van der Waals surface area contributed by atoms with Crippen LogP contribution in [0.15, 0.2) is 24.3 Å². The molecule has 2 N–H and O–H groups in total. The lowest BCUT2D eigenvalue weighted by molar-refractivity contribution is -0.274. The lowest BCUT2D eigenvalue weighted by atomic mass is 10.1. The molecule has 0 heterocycles. The molecule has 0 saturated heterocycles. The monoisotopic (exact) mass is 277 g/mol. The molecule has 19 heavy (non-hydrogen) atoms. The van der Waals surface area contributed by atoms with Gasteiger partial charge in [0.05, 0.1) is 6.10 Å². The average molecular weight is 277 g/mol. The van der Waals surface area contributed by atoms with Gasteiger partial charge in [0.2, 0.25) is 0 Å². The van der Waals surface area contributed by atoms with Crippen LogP contribution in [0.4, 0.5) is 13.2 Å². The Balaban J connectivity index is 2.58. The Morgan fingerprint density at radius 3 is 2.47 bits per heavy atom. The van der Waals surface area contributed by atoms with Gasteiger partial charge < -0.3 is 15.2 Å². The van der Waals surface area contributed by atoms with Crippen molar-refractivity contribution < 1.29 is 23.0 Å². The summed E-state index contributed by atoms with van der Waals surface area (Å²) in [6.07, 6.45) is -5.23. The summed E-state index contributed by atoms with van der Waals surface area (Å²) in [5, 5.41) is 12.5. The summed E-state index contributed by atoms with van der Waals surface area (Å²) in [5.41, 5.74) is 0.399. The maximum atomic E-state index is 12.2. The highest BCUT2D eigenvalue weighted by Gasteiger charge is 2.31. The maximum Gasteiger partial charge on any atom is 0.573 e. The van der Waals surface area contributed by atoms with Crippen molar-refractivity contribution in [1.82, 2.24) is 5.32 Å². The van der Waals surface area contributed by atoms with Gasteiger partial charge in [-0.05, 0) is 12.0 Å². The second-order valence-corrected chi connectivity index (χ2v) is 4.60. The third-order valence-electron chi connectivity index (χ3n) is 2.64. The quantitative estimate of drug-likeness (QED) is 0.840. The highest BCUT2D eigenvalue weighted by Crippen LogP contribution is 2.26. The molecule has 0 aliphatic heterocycles. The Hall–Kier alpha value is -1.27. The standard InChI is InChI=1S/C13H18F3NO2/c1-9(2)11(18)8-17-7-10-5-3-4-6-12(10)19-13(14,15)16/h3-6,9,11,17-18H,7-8H2,1-2H3. The molecule has 6 heteroatoms. The Bertz CT molecular complexity index is 394. The molecule has 0 fully saturated rings. The van der Waals surface area contributed by atoms with Gasteiger partial charge in [0, 0.05) is 18.7 Å². The first-order chi connectivity index (χ1) is 8.79. The molecule has 0 spiro atoms. The van der Waals surface area contributed by atoms with Crippen LogP contribution < -0.4 is 10.1 Å². The van der Waals surface area contributed by atoms with Gasteiger partial charge in [0.1, 0.15) is 5.75 Å². The van der Waals surface area contributed by atoms with E-state index < -0.39 is 12.5 Å². The summed E-state index contributed by atoms with van der Waals surface area (Å²) in [6.45, 7) is 4.26. The Kier molecular flexibility index (Phi) is 5.62. The number of aliphatic hydroxyl groups excluding tert-OH is 1. The molecule has 1 rings (SSSR count). The first kappa shape index (κ1) is 15.8. The molecule has 3 nitrogen and oxygen atoms in total. The minimum absolute atomic E-state index is 0.0918. The number of benzene rings is 1. The van der Waals surface area contributed by atoms with Crippen LogP contribution in [0.25, 0.3) is 0 Å². The molecule has 1 aromatic carbocycles. The predicted molar refractivity (Wildman–Crippen MR) is 65.7 cm³/mol. The summed E-state index contributed by atoms with van der Waals surface area (Å²) < 4.78 is 40.5. The first-order valence-corrected chi connectivity index (χ1v) is 6.02. The van der Waals surface area contributed by atoms with Crippen LogP contribution >= 0.6 is 0 Å². The van der Waals surface area contributed by atoms with Gasteiger partial charge in [-0.2, -0.15) is 0 Å². The van der Waals surface area contributed by atoms with E-state index in [4.69, 9.17) is 0 Å². The van der Waals surface area contributed by atoms with E-state index in [0.29, 0.717) is 12.1 Å². The molecule has 0 aliphatic rings.